The Morgan fingerprint density at radius 2 is 2.21 bits per heavy atom. The number of fused-ring (bicyclic) bond motifs is 1. The van der Waals surface area contributed by atoms with E-state index in [0.29, 0.717) is 17.0 Å². The largest absolute Gasteiger partial charge is 0.482 e. The van der Waals surface area contributed by atoms with Crippen molar-refractivity contribution in [3.8, 4) is 5.75 Å². The van der Waals surface area contributed by atoms with Gasteiger partial charge in [-0.15, -0.1) is 0 Å². The Hall–Kier alpha value is -2.30. The van der Waals surface area contributed by atoms with Crippen molar-refractivity contribution in [2.45, 2.75) is 13.8 Å². The Morgan fingerprint density at radius 3 is 2.84 bits per heavy atom. The minimum absolute atomic E-state index is 0.00828. The van der Waals surface area contributed by atoms with Crippen LogP contribution in [0.1, 0.15) is 19.4 Å². The van der Waals surface area contributed by atoms with E-state index in [1.54, 1.807) is 18.2 Å². The number of carboxylic acids is 1. The van der Waals surface area contributed by atoms with Crippen molar-refractivity contribution in [2.24, 2.45) is 5.92 Å². The highest BCUT2D eigenvalue weighted by molar-refractivity contribution is 5.97. The van der Waals surface area contributed by atoms with E-state index in [4.69, 9.17) is 9.84 Å². The van der Waals surface area contributed by atoms with Crippen LogP contribution < -0.4 is 10.1 Å². The van der Waals surface area contributed by atoms with Gasteiger partial charge in [-0.2, -0.15) is 0 Å². The first-order valence-electron chi connectivity index (χ1n) is 5.99. The maximum atomic E-state index is 11.3. The highest BCUT2D eigenvalue weighted by Crippen LogP contribution is 2.33. The molecule has 19 heavy (non-hydrogen) atoms. The zero-order chi connectivity index (χ0) is 14.0. The van der Waals surface area contributed by atoms with Crippen LogP contribution in [0.15, 0.2) is 24.3 Å². The minimum Gasteiger partial charge on any atom is -0.482 e. The quantitative estimate of drug-likeness (QED) is 0.817. The molecule has 0 aromatic heterocycles. The first-order chi connectivity index (χ1) is 8.97. The molecule has 0 aliphatic carbocycles. The van der Waals surface area contributed by atoms with Crippen LogP contribution in [-0.4, -0.2) is 23.6 Å². The summed E-state index contributed by atoms with van der Waals surface area (Å²) < 4.78 is 5.26. The number of carbonyl (C=O) groups is 2. The summed E-state index contributed by atoms with van der Waals surface area (Å²) in [4.78, 5) is 22.1. The first-order valence-corrected chi connectivity index (χ1v) is 5.99. The van der Waals surface area contributed by atoms with Gasteiger partial charge in [0, 0.05) is 6.08 Å². The molecule has 1 aliphatic heterocycles. The molecule has 1 aliphatic rings. The lowest BCUT2D eigenvalue weighted by Gasteiger charge is -2.20. The van der Waals surface area contributed by atoms with Crippen molar-refractivity contribution in [1.29, 1.82) is 0 Å². The molecular weight excluding hydrogens is 246 g/mol. The predicted octanol–water partition coefficient (Wildman–Crippen LogP) is 2.14. The first kappa shape index (κ1) is 13.1. The molecule has 0 saturated heterocycles. The van der Waals surface area contributed by atoms with Crippen molar-refractivity contribution in [3.05, 3.63) is 29.8 Å². The van der Waals surface area contributed by atoms with E-state index in [0.717, 1.165) is 5.56 Å². The Balaban J connectivity index is 2.42. The van der Waals surface area contributed by atoms with Gasteiger partial charge in [-0.3, -0.25) is 4.79 Å². The van der Waals surface area contributed by atoms with Crippen LogP contribution in [0.25, 0.3) is 5.57 Å². The van der Waals surface area contributed by atoms with Gasteiger partial charge in [0.15, 0.2) is 6.61 Å². The second-order valence-electron chi connectivity index (χ2n) is 4.64. The summed E-state index contributed by atoms with van der Waals surface area (Å²) in [5, 5.41) is 11.6. The van der Waals surface area contributed by atoms with Gasteiger partial charge in [0.05, 0.1) is 5.69 Å². The van der Waals surface area contributed by atoms with Gasteiger partial charge in [0.25, 0.3) is 5.91 Å². The summed E-state index contributed by atoms with van der Waals surface area (Å²) in [6.07, 6.45) is 1.19. The Morgan fingerprint density at radius 1 is 1.47 bits per heavy atom. The van der Waals surface area contributed by atoms with Crippen molar-refractivity contribution in [1.82, 2.24) is 0 Å². The van der Waals surface area contributed by atoms with E-state index in [-0.39, 0.29) is 18.4 Å². The third kappa shape index (κ3) is 2.93. The molecule has 0 bridgehead atoms. The topological polar surface area (TPSA) is 75.6 Å². The van der Waals surface area contributed by atoms with Gasteiger partial charge in [0.2, 0.25) is 0 Å². The van der Waals surface area contributed by atoms with E-state index in [1.807, 2.05) is 13.8 Å². The summed E-state index contributed by atoms with van der Waals surface area (Å²) in [6.45, 7) is 3.85. The predicted molar refractivity (Wildman–Crippen MR) is 71.0 cm³/mol. The number of amides is 1. The molecule has 2 N–H and O–H groups in total. The average Bonchev–Trinajstić information content (AvgIpc) is 2.34. The fraction of sp³-hybridized carbons (Fsp3) is 0.286. The number of carbonyl (C=O) groups excluding carboxylic acids is 1. The molecule has 0 atom stereocenters. The monoisotopic (exact) mass is 261 g/mol. The van der Waals surface area contributed by atoms with Crippen molar-refractivity contribution in [3.63, 3.8) is 0 Å². The van der Waals surface area contributed by atoms with Crippen molar-refractivity contribution >= 4 is 23.1 Å². The molecule has 0 fully saturated rings. The molecular formula is C14H15NO4. The Labute approximate surface area is 110 Å². The summed E-state index contributed by atoms with van der Waals surface area (Å²) in [5.41, 5.74) is 2.04. The van der Waals surface area contributed by atoms with Crippen LogP contribution in [0.2, 0.25) is 0 Å². The lowest BCUT2D eigenvalue weighted by molar-refractivity contribution is -0.131. The standard InChI is InChI=1S/C14H15NO4/c1-8(2)10(6-14(17)18)9-3-4-12-11(5-9)15-13(16)7-19-12/h3-6,8H,7H2,1-2H3,(H,15,16)(H,17,18)/b10-6+. The fourth-order valence-electron chi connectivity index (χ4n) is 1.98. The van der Waals surface area contributed by atoms with Crippen LogP contribution in [0.5, 0.6) is 5.75 Å². The van der Waals surface area contributed by atoms with Gasteiger partial charge in [-0.05, 0) is 29.2 Å². The maximum absolute atomic E-state index is 11.3. The lowest BCUT2D eigenvalue weighted by atomic mass is 9.94. The zero-order valence-electron chi connectivity index (χ0n) is 10.8. The minimum atomic E-state index is -0.985. The normalized spacial score (nSPS) is 14.7. The van der Waals surface area contributed by atoms with E-state index >= 15 is 0 Å². The highest BCUT2D eigenvalue weighted by atomic mass is 16.5. The third-order valence-electron chi connectivity index (χ3n) is 2.85. The van der Waals surface area contributed by atoms with Crippen LogP contribution in [0, 0.1) is 5.92 Å². The van der Waals surface area contributed by atoms with E-state index in [9.17, 15) is 9.59 Å². The molecule has 2 rings (SSSR count). The van der Waals surface area contributed by atoms with E-state index < -0.39 is 5.97 Å². The molecule has 1 amide bonds. The zero-order valence-corrected chi connectivity index (χ0v) is 10.8. The molecule has 0 saturated carbocycles. The molecule has 1 heterocycles. The number of benzene rings is 1. The number of hydrogen-bond donors (Lipinski definition) is 2. The van der Waals surface area contributed by atoms with Gasteiger partial charge < -0.3 is 15.2 Å². The average molecular weight is 261 g/mol. The molecule has 0 radical (unpaired) electrons. The van der Waals surface area contributed by atoms with Gasteiger partial charge in [0.1, 0.15) is 5.75 Å². The molecule has 5 nitrogen and oxygen atoms in total. The van der Waals surface area contributed by atoms with Gasteiger partial charge in [-0.1, -0.05) is 19.9 Å². The Bertz CT molecular complexity index is 561. The molecule has 1 aromatic rings. The van der Waals surface area contributed by atoms with E-state index in [2.05, 4.69) is 5.32 Å². The Kier molecular flexibility index (Phi) is 3.55. The number of rotatable bonds is 3. The smallest absolute Gasteiger partial charge is 0.328 e. The van der Waals surface area contributed by atoms with Crippen LogP contribution >= 0.6 is 0 Å². The number of allylic oxidation sites excluding steroid dienone is 1. The fourth-order valence-corrected chi connectivity index (χ4v) is 1.98. The third-order valence-corrected chi connectivity index (χ3v) is 2.85. The highest BCUT2D eigenvalue weighted by Gasteiger charge is 2.17. The summed E-state index contributed by atoms with van der Waals surface area (Å²) in [7, 11) is 0. The number of nitrogens with one attached hydrogen (secondary N) is 1. The van der Waals surface area contributed by atoms with Crippen LogP contribution in [0.4, 0.5) is 5.69 Å². The second kappa shape index (κ2) is 5.14. The molecule has 0 unspecified atom stereocenters. The number of hydrogen-bond acceptors (Lipinski definition) is 3. The summed E-state index contributed by atoms with van der Waals surface area (Å²) >= 11 is 0. The molecule has 1 aromatic carbocycles. The van der Waals surface area contributed by atoms with Crippen LogP contribution in [0.3, 0.4) is 0 Å². The number of carboxylic acid groups (broad SMARTS) is 1. The molecule has 5 heteroatoms. The second-order valence-corrected chi connectivity index (χ2v) is 4.64. The number of anilines is 1. The van der Waals surface area contributed by atoms with Gasteiger partial charge >= 0.3 is 5.97 Å². The number of aliphatic carboxylic acids is 1. The van der Waals surface area contributed by atoms with Crippen molar-refractivity contribution in [2.75, 3.05) is 11.9 Å². The summed E-state index contributed by atoms with van der Waals surface area (Å²) in [6, 6.07) is 5.27. The van der Waals surface area contributed by atoms with Gasteiger partial charge in [-0.25, -0.2) is 4.79 Å². The maximum Gasteiger partial charge on any atom is 0.328 e. The lowest BCUT2D eigenvalue weighted by Crippen LogP contribution is -2.25. The van der Waals surface area contributed by atoms with E-state index in [1.165, 1.54) is 6.08 Å². The molecule has 100 valence electrons. The number of ether oxygens (including phenoxy) is 1. The van der Waals surface area contributed by atoms with Crippen molar-refractivity contribution < 1.29 is 19.4 Å². The molecule has 0 spiro atoms. The summed E-state index contributed by atoms with van der Waals surface area (Å²) in [5.74, 6) is -0.532. The van der Waals surface area contributed by atoms with Crippen LogP contribution in [-0.2, 0) is 9.59 Å². The SMILES string of the molecule is CC(C)/C(=C\C(=O)O)c1ccc2c(c1)NC(=O)CO2.